The molecule has 1 aliphatic rings. The Morgan fingerprint density at radius 1 is 1.25 bits per heavy atom. The first-order valence-electron chi connectivity index (χ1n) is 10.3. The summed E-state index contributed by atoms with van der Waals surface area (Å²) in [5.41, 5.74) is -2.22. The molecule has 0 aromatic heterocycles. The van der Waals surface area contributed by atoms with E-state index < -0.39 is 16.2 Å². The first-order chi connectivity index (χ1) is 14.5. The predicted molar refractivity (Wildman–Crippen MR) is 120 cm³/mol. The molecule has 0 bridgehead atoms. The molecule has 0 aromatic rings. The van der Waals surface area contributed by atoms with Crippen LogP contribution in [0.25, 0.3) is 0 Å². The molecule has 0 aromatic carbocycles. The highest BCUT2D eigenvalue weighted by molar-refractivity contribution is 7.89. The molecule has 0 aliphatic carbocycles. The van der Waals surface area contributed by atoms with Crippen molar-refractivity contribution in [3.63, 3.8) is 0 Å². The molecule has 1 saturated heterocycles. The van der Waals surface area contributed by atoms with E-state index in [0.29, 0.717) is 49.2 Å². The van der Waals surface area contributed by atoms with Gasteiger partial charge in [-0.15, -0.1) is 11.4 Å². The smallest absolute Gasteiger partial charge is 0.311 e. The number of carbonyl (C=O) groups is 3. The first kappa shape index (κ1) is 30.8. The Bertz CT molecular complexity index is 648. The maximum absolute atomic E-state index is 13.3. The van der Waals surface area contributed by atoms with Gasteiger partial charge < -0.3 is 9.22 Å². The van der Waals surface area contributed by atoms with Gasteiger partial charge in [0, 0.05) is 24.9 Å². The van der Waals surface area contributed by atoms with Gasteiger partial charge in [-0.2, -0.15) is 0 Å². The van der Waals surface area contributed by atoms with Crippen LogP contribution in [0.5, 0.6) is 0 Å². The number of methoxy groups -OCH3 is 1. The molecule has 1 rings (SSSR count). The highest BCUT2D eigenvalue weighted by Crippen LogP contribution is 2.49. The first-order valence-corrected chi connectivity index (χ1v) is 11.0. The summed E-state index contributed by atoms with van der Waals surface area (Å²) in [5.74, 6) is -0.658. The second-order valence-electron chi connectivity index (χ2n) is 10.0. The second kappa shape index (κ2) is 12.3. The van der Waals surface area contributed by atoms with E-state index in [9.17, 15) is 14.4 Å². The monoisotopic (exact) mass is 480 g/mol. The summed E-state index contributed by atoms with van der Waals surface area (Å²) in [6, 6.07) is 0. The van der Waals surface area contributed by atoms with Crippen molar-refractivity contribution in [2.24, 2.45) is 16.2 Å². The number of ether oxygens (including phenoxy) is 1. The highest BCUT2D eigenvalue weighted by atomic mass is 32.2. The Hall–Kier alpha value is -1.24. The third kappa shape index (κ3) is 8.60. The lowest BCUT2D eigenvalue weighted by atomic mass is 9.62. The van der Waals surface area contributed by atoms with E-state index in [1.54, 1.807) is 0 Å². The zero-order valence-corrected chi connectivity index (χ0v) is 21.7. The molecule has 11 heteroatoms. The molecule has 2 atom stereocenters. The van der Waals surface area contributed by atoms with E-state index >= 15 is 0 Å². The Balaban J connectivity index is 0.00000140. The van der Waals surface area contributed by atoms with Crippen LogP contribution in [-0.2, 0) is 32.7 Å². The topological polar surface area (TPSA) is 112 Å². The Morgan fingerprint density at radius 3 is 2.19 bits per heavy atom. The van der Waals surface area contributed by atoms with Crippen LogP contribution in [0.1, 0.15) is 53.9 Å². The molecule has 10 nitrogen and oxygen atoms in total. The van der Waals surface area contributed by atoms with Crippen LogP contribution >= 0.6 is 12.3 Å². The molecule has 1 fully saturated rings. The molecule has 0 saturated carbocycles. The van der Waals surface area contributed by atoms with E-state index in [1.165, 1.54) is 19.1 Å². The number of carbonyl (C=O) groups excluding carboxylic acids is 3. The molecule has 1 N–H and O–H groups in total. The average molecular weight is 481 g/mol. The number of hydrogen-bond acceptors (Lipinski definition) is 9. The predicted octanol–water partition coefficient (Wildman–Crippen LogP) is 3.24. The Morgan fingerprint density at radius 2 is 1.81 bits per heavy atom. The molecule has 2 unspecified atom stereocenters. The average Bonchev–Trinajstić information content (AvgIpc) is 2.69. The molecule has 32 heavy (non-hydrogen) atoms. The van der Waals surface area contributed by atoms with Gasteiger partial charge >= 0.3 is 5.97 Å². The lowest BCUT2D eigenvalue weighted by molar-refractivity contribution is -0.844. The summed E-state index contributed by atoms with van der Waals surface area (Å²) in [4.78, 5) is 39.9. The van der Waals surface area contributed by atoms with Gasteiger partial charge in [-0.3, -0.25) is 23.5 Å². The van der Waals surface area contributed by atoms with E-state index in [2.05, 4.69) is 20.6 Å². The fourth-order valence-corrected chi connectivity index (χ4v) is 4.19. The second-order valence-corrected chi connectivity index (χ2v) is 10.6. The number of imide groups is 1. The van der Waals surface area contributed by atoms with Crippen molar-refractivity contribution in [3.05, 3.63) is 7.05 Å². The Labute approximate surface area is 196 Å². The quantitative estimate of drug-likeness (QED) is 0.0736. The van der Waals surface area contributed by atoms with Gasteiger partial charge in [0.1, 0.15) is 0 Å². The van der Waals surface area contributed by atoms with E-state index in [4.69, 9.17) is 9.99 Å². The molecule has 1 heterocycles. The van der Waals surface area contributed by atoms with Crippen LogP contribution in [0.15, 0.2) is 0 Å². The lowest BCUT2D eigenvalue weighted by Gasteiger charge is -2.48. The standard InChI is InChI=1S/C20H36N2O4.CH4O4S/c1-10-19(4,17(25)26-9)14-20(5)13-18(2,3)15(23)21(16(20)24)11-12-22(6,7)8;1-3-6-5-4-2/h6,10-14H2,1-5,7-9H3;2H,1H3. The zero-order chi connectivity index (χ0) is 25.4. The normalized spacial score (nSPS) is 22.7. The number of amides is 2. The number of likely N-dealkylation sites (N-methyl/N-ethyl adjacent to an activating group) is 1. The maximum Gasteiger partial charge on any atom is 0.311 e. The minimum absolute atomic E-state index is 0.148. The van der Waals surface area contributed by atoms with Crippen LogP contribution in [0, 0.1) is 23.3 Å². The van der Waals surface area contributed by atoms with Crippen LogP contribution < -0.4 is 0 Å². The number of esters is 1. The summed E-state index contributed by atoms with van der Waals surface area (Å²) in [7, 11) is 10.6. The number of quaternary nitrogens is 1. The maximum atomic E-state index is 13.3. The summed E-state index contributed by atoms with van der Waals surface area (Å²) >= 11 is 0.536. The van der Waals surface area contributed by atoms with Gasteiger partial charge in [0.25, 0.3) is 0 Å². The molecular weight excluding hydrogens is 440 g/mol. The van der Waals surface area contributed by atoms with Gasteiger partial charge in [0.05, 0.1) is 32.7 Å². The number of hydrogen-bond donors (Lipinski definition) is 1. The molecule has 2 amide bonds. The van der Waals surface area contributed by atoms with Crippen molar-refractivity contribution in [2.45, 2.75) is 53.9 Å². The van der Waals surface area contributed by atoms with Gasteiger partial charge in [0.2, 0.25) is 11.8 Å². The van der Waals surface area contributed by atoms with Crippen LogP contribution in [-0.4, -0.2) is 73.8 Å². The van der Waals surface area contributed by atoms with E-state index in [1.807, 2.05) is 48.7 Å². The minimum Gasteiger partial charge on any atom is -0.469 e. The van der Waals surface area contributed by atoms with Gasteiger partial charge in [-0.05, 0) is 26.2 Å². The van der Waals surface area contributed by atoms with Crippen molar-refractivity contribution in [1.82, 2.24) is 4.90 Å². The van der Waals surface area contributed by atoms with E-state index in [-0.39, 0.29) is 17.8 Å². The van der Waals surface area contributed by atoms with Gasteiger partial charge in [0.15, 0.2) is 12.3 Å². The third-order valence-corrected chi connectivity index (χ3v) is 5.96. The highest BCUT2D eigenvalue weighted by Gasteiger charge is 2.55. The van der Waals surface area contributed by atoms with E-state index in [0.717, 1.165) is 0 Å². The minimum atomic E-state index is -0.797. The number of piperidine rings is 1. The number of rotatable bonds is 10. The van der Waals surface area contributed by atoms with Crippen molar-refractivity contribution in [2.75, 3.05) is 41.4 Å². The fraction of sp³-hybridized carbons (Fsp3) is 0.810. The summed E-state index contributed by atoms with van der Waals surface area (Å²) in [5, 5.41) is 10.5. The number of likely N-dealkylation sites (tertiary alicyclic amines) is 1. The van der Waals surface area contributed by atoms with Gasteiger partial charge in [-0.1, -0.05) is 32.7 Å². The third-order valence-electron chi connectivity index (χ3n) is 5.71. The van der Waals surface area contributed by atoms with Crippen molar-refractivity contribution in [1.29, 1.82) is 0 Å². The molecular formula is C21H40N2O8S. The van der Waals surface area contributed by atoms with Crippen molar-refractivity contribution < 1.29 is 42.4 Å². The molecule has 0 radical (unpaired) electrons. The van der Waals surface area contributed by atoms with Crippen molar-refractivity contribution >= 4 is 30.1 Å². The molecule has 0 spiro atoms. The number of nitrogens with zero attached hydrogens (tertiary/aromatic N) is 2. The fourth-order valence-electron chi connectivity index (χ4n) is 4.11. The van der Waals surface area contributed by atoms with Crippen LogP contribution in [0.4, 0.5) is 0 Å². The summed E-state index contributed by atoms with van der Waals surface area (Å²) in [6.07, 6.45) is 1.35. The van der Waals surface area contributed by atoms with Gasteiger partial charge in [-0.25, -0.2) is 5.26 Å². The Kier molecular flexibility index (Phi) is 11.8. The molecule has 188 valence electrons. The summed E-state index contributed by atoms with van der Waals surface area (Å²) in [6.45, 7) is 10.3. The summed E-state index contributed by atoms with van der Waals surface area (Å²) < 4.78 is 13.3. The van der Waals surface area contributed by atoms with Crippen molar-refractivity contribution in [3.8, 4) is 0 Å². The molecule has 1 aliphatic heterocycles. The SMILES string of the molecule is COSOOO.[CH2-][N+](C)(C)CCN1C(=O)C(C)(C)CC(C)(CC(C)(CC)C(=O)OC)C1=O. The van der Waals surface area contributed by atoms with Crippen LogP contribution in [0.2, 0.25) is 0 Å². The largest absolute Gasteiger partial charge is 0.469 e. The van der Waals surface area contributed by atoms with Crippen LogP contribution in [0.3, 0.4) is 0 Å². The zero-order valence-electron chi connectivity index (χ0n) is 20.9. The lowest BCUT2D eigenvalue weighted by Crippen LogP contribution is -2.60.